The molecule has 0 bridgehead atoms. The number of nitrogens with zero attached hydrogens (tertiary/aromatic N) is 4. The highest BCUT2D eigenvalue weighted by atomic mass is 35.5. The van der Waals surface area contributed by atoms with Gasteiger partial charge in [0, 0.05) is 29.4 Å². The van der Waals surface area contributed by atoms with Crippen molar-refractivity contribution < 1.29 is 0 Å². The largest absolute Gasteiger partial charge is 0.332 e. The molecule has 0 aliphatic rings. The van der Waals surface area contributed by atoms with Crippen molar-refractivity contribution >= 4 is 45.5 Å². The number of para-hydroxylation sites is 1. The molecule has 0 aliphatic carbocycles. The van der Waals surface area contributed by atoms with Gasteiger partial charge in [0.15, 0.2) is 16.1 Å². The van der Waals surface area contributed by atoms with Crippen molar-refractivity contribution in [1.29, 1.82) is 0 Å². The van der Waals surface area contributed by atoms with Crippen LogP contribution in [0.15, 0.2) is 65.1 Å². The lowest BCUT2D eigenvalue weighted by Crippen LogP contribution is -1.95. The number of thiazole rings is 1. The molecule has 0 fully saturated rings. The zero-order valence-corrected chi connectivity index (χ0v) is 16.9. The van der Waals surface area contributed by atoms with Crippen molar-refractivity contribution in [3.63, 3.8) is 0 Å². The van der Waals surface area contributed by atoms with E-state index in [1.54, 1.807) is 23.1 Å². The van der Waals surface area contributed by atoms with Gasteiger partial charge < -0.3 is 9.88 Å². The summed E-state index contributed by atoms with van der Waals surface area (Å²) in [7, 11) is 1.95. The summed E-state index contributed by atoms with van der Waals surface area (Å²) in [6, 6.07) is 17.7. The number of aromatic nitrogens is 4. The Kier molecular flexibility index (Phi) is 5.42. The summed E-state index contributed by atoms with van der Waals surface area (Å²) >= 11 is 9.47. The normalized spacial score (nSPS) is 10.9. The standard InChI is InChI=1S/C19H16ClN5S2/c1-25-17(15-9-5-6-10-16(15)20)23-24-19(25)27-12-14-11-26-18(22-14)21-13-7-3-2-4-8-13/h2-11H,12H2,1H3,(H,21,22). The highest BCUT2D eigenvalue weighted by molar-refractivity contribution is 7.98. The van der Waals surface area contributed by atoms with Crippen LogP contribution in [-0.2, 0) is 12.8 Å². The predicted octanol–water partition coefficient (Wildman–Crippen LogP) is 5.63. The first-order valence-electron chi connectivity index (χ1n) is 8.24. The van der Waals surface area contributed by atoms with Gasteiger partial charge in [0.2, 0.25) is 0 Å². The molecule has 8 heteroatoms. The van der Waals surface area contributed by atoms with E-state index in [1.165, 1.54) is 0 Å². The molecule has 0 saturated heterocycles. The summed E-state index contributed by atoms with van der Waals surface area (Å²) in [5.41, 5.74) is 2.92. The third-order valence-electron chi connectivity index (χ3n) is 3.88. The molecule has 0 saturated carbocycles. The van der Waals surface area contributed by atoms with Crippen LogP contribution in [0.1, 0.15) is 5.69 Å². The molecule has 0 radical (unpaired) electrons. The SMILES string of the molecule is Cn1c(SCc2csc(Nc3ccccc3)n2)nnc1-c1ccccc1Cl. The lowest BCUT2D eigenvalue weighted by Gasteiger charge is -2.04. The monoisotopic (exact) mass is 413 g/mol. The number of halogens is 1. The minimum atomic E-state index is 0.667. The van der Waals surface area contributed by atoms with Gasteiger partial charge in [0.05, 0.1) is 10.7 Å². The fraction of sp³-hybridized carbons (Fsp3) is 0.105. The van der Waals surface area contributed by atoms with E-state index >= 15 is 0 Å². The molecule has 2 aromatic carbocycles. The van der Waals surface area contributed by atoms with Crippen LogP contribution in [0.4, 0.5) is 10.8 Å². The van der Waals surface area contributed by atoms with Gasteiger partial charge in [-0.1, -0.05) is 53.7 Å². The van der Waals surface area contributed by atoms with E-state index in [9.17, 15) is 0 Å². The predicted molar refractivity (Wildman–Crippen MR) is 113 cm³/mol. The van der Waals surface area contributed by atoms with Crippen molar-refractivity contribution in [2.24, 2.45) is 7.05 Å². The number of hydrogen-bond donors (Lipinski definition) is 1. The highest BCUT2D eigenvalue weighted by Gasteiger charge is 2.14. The van der Waals surface area contributed by atoms with Gasteiger partial charge >= 0.3 is 0 Å². The van der Waals surface area contributed by atoms with E-state index in [0.29, 0.717) is 5.02 Å². The number of benzene rings is 2. The topological polar surface area (TPSA) is 55.6 Å². The second-order valence-electron chi connectivity index (χ2n) is 5.77. The molecule has 0 aliphatic heterocycles. The first kappa shape index (κ1) is 18.0. The second kappa shape index (κ2) is 8.12. The van der Waals surface area contributed by atoms with Gasteiger partial charge in [-0.05, 0) is 24.3 Å². The summed E-state index contributed by atoms with van der Waals surface area (Å²) in [4.78, 5) is 4.64. The van der Waals surface area contributed by atoms with E-state index in [1.807, 2.05) is 66.2 Å². The average molecular weight is 414 g/mol. The first-order chi connectivity index (χ1) is 13.2. The zero-order valence-electron chi connectivity index (χ0n) is 14.5. The Morgan fingerprint density at radius 2 is 1.85 bits per heavy atom. The molecule has 27 heavy (non-hydrogen) atoms. The fourth-order valence-corrected chi connectivity index (χ4v) is 4.39. The minimum Gasteiger partial charge on any atom is -0.332 e. The summed E-state index contributed by atoms with van der Waals surface area (Å²) in [6.45, 7) is 0. The van der Waals surface area contributed by atoms with Crippen molar-refractivity contribution in [3.8, 4) is 11.4 Å². The Labute approximate surface area is 170 Å². The number of thioether (sulfide) groups is 1. The summed E-state index contributed by atoms with van der Waals surface area (Å²) in [6.07, 6.45) is 0. The van der Waals surface area contributed by atoms with Gasteiger partial charge in [0.1, 0.15) is 0 Å². The smallest absolute Gasteiger partial charge is 0.191 e. The van der Waals surface area contributed by atoms with Gasteiger partial charge in [-0.25, -0.2) is 4.98 Å². The molecule has 0 unspecified atom stereocenters. The van der Waals surface area contributed by atoms with Crippen molar-refractivity contribution in [1.82, 2.24) is 19.7 Å². The molecule has 1 N–H and O–H groups in total. The van der Waals surface area contributed by atoms with E-state index in [-0.39, 0.29) is 0 Å². The van der Waals surface area contributed by atoms with E-state index < -0.39 is 0 Å². The van der Waals surface area contributed by atoms with Gasteiger partial charge in [-0.15, -0.1) is 21.5 Å². The number of anilines is 2. The number of hydrogen-bond acceptors (Lipinski definition) is 6. The molecule has 0 atom stereocenters. The summed E-state index contributed by atoms with van der Waals surface area (Å²) in [5, 5.41) is 16.4. The molecular formula is C19H16ClN5S2. The van der Waals surface area contributed by atoms with Gasteiger partial charge in [-0.2, -0.15) is 0 Å². The summed E-state index contributed by atoms with van der Waals surface area (Å²) < 4.78 is 1.96. The maximum atomic E-state index is 6.28. The average Bonchev–Trinajstić information content (AvgIpc) is 3.28. The van der Waals surface area contributed by atoms with Crippen LogP contribution >= 0.6 is 34.7 Å². The molecule has 136 valence electrons. The molecule has 5 nitrogen and oxygen atoms in total. The van der Waals surface area contributed by atoms with Crippen LogP contribution in [0.3, 0.4) is 0 Å². The Bertz CT molecular complexity index is 1050. The molecule has 4 rings (SSSR count). The molecule has 2 aromatic heterocycles. The molecular weight excluding hydrogens is 398 g/mol. The Hall–Kier alpha value is -2.35. The van der Waals surface area contributed by atoms with Crippen LogP contribution < -0.4 is 5.32 Å². The van der Waals surface area contributed by atoms with Crippen molar-refractivity contribution in [2.45, 2.75) is 10.9 Å². The van der Waals surface area contributed by atoms with Gasteiger partial charge in [-0.3, -0.25) is 0 Å². The highest BCUT2D eigenvalue weighted by Crippen LogP contribution is 2.30. The third kappa shape index (κ3) is 4.16. The van der Waals surface area contributed by atoms with Crippen LogP contribution in [0, 0.1) is 0 Å². The molecule has 0 amide bonds. The Balaban J connectivity index is 1.43. The summed E-state index contributed by atoms with van der Waals surface area (Å²) in [5.74, 6) is 1.48. The van der Waals surface area contributed by atoms with Crippen LogP contribution in [0.2, 0.25) is 5.02 Å². The molecule has 0 spiro atoms. The second-order valence-corrected chi connectivity index (χ2v) is 7.98. The van der Waals surface area contributed by atoms with Crippen molar-refractivity contribution in [2.75, 3.05) is 5.32 Å². The molecule has 2 heterocycles. The number of rotatable bonds is 6. The van der Waals surface area contributed by atoms with Gasteiger partial charge in [0.25, 0.3) is 0 Å². The Morgan fingerprint density at radius 3 is 2.67 bits per heavy atom. The van der Waals surface area contributed by atoms with Crippen LogP contribution in [0.5, 0.6) is 0 Å². The minimum absolute atomic E-state index is 0.667. The quantitative estimate of drug-likeness (QED) is 0.415. The van der Waals surface area contributed by atoms with E-state index in [4.69, 9.17) is 11.6 Å². The fourth-order valence-electron chi connectivity index (χ4n) is 2.53. The third-order valence-corrected chi connectivity index (χ3v) is 6.07. The molecule has 4 aromatic rings. The van der Waals surface area contributed by atoms with Crippen molar-refractivity contribution in [3.05, 3.63) is 70.7 Å². The lowest BCUT2D eigenvalue weighted by atomic mass is 10.2. The Morgan fingerprint density at radius 1 is 1.07 bits per heavy atom. The van der Waals surface area contributed by atoms with Crippen LogP contribution in [-0.4, -0.2) is 19.7 Å². The van der Waals surface area contributed by atoms with E-state index in [2.05, 4.69) is 25.9 Å². The number of nitrogens with one attached hydrogen (secondary N) is 1. The first-order valence-corrected chi connectivity index (χ1v) is 10.5. The van der Waals surface area contributed by atoms with E-state index in [0.717, 1.165) is 38.8 Å². The maximum absolute atomic E-state index is 6.28. The maximum Gasteiger partial charge on any atom is 0.191 e. The lowest BCUT2D eigenvalue weighted by molar-refractivity contribution is 0.793. The van der Waals surface area contributed by atoms with Crippen LogP contribution in [0.25, 0.3) is 11.4 Å². The zero-order chi connectivity index (χ0) is 18.6.